The number of fused-ring (bicyclic) bond motifs is 1. The van der Waals surface area contributed by atoms with Crippen LogP contribution in [0.3, 0.4) is 0 Å². The van der Waals surface area contributed by atoms with E-state index in [-0.39, 0.29) is 0 Å². The van der Waals surface area contributed by atoms with Crippen LogP contribution in [-0.2, 0) is 0 Å². The Bertz CT molecular complexity index is 637. The second-order valence-electron chi connectivity index (χ2n) is 3.68. The number of rotatable bonds is 2. The normalized spacial score (nSPS) is 10.6. The van der Waals surface area contributed by atoms with Crippen LogP contribution in [0.2, 0.25) is 0 Å². The molecule has 0 fully saturated rings. The molecular formula is C13H9N3O. The average Bonchev–Trinajstić information content (AvgIpc) is 2.82. The maximum absolute atomic E-state index is 10.6. The maximum Gasteiger partial charge on any atom is 0.182 e. The van der Waals surface area contributed by atoms with Gasteiger partial charge < -0.3 is 0 Å². The molecule has 0 unspecified atom stereocenters. The molecule has 0 saturated carbocycles. The molecule has 3 rings (SSSR count). The van der Waals surface area contributed by atoms with Crippen LogP contribution < -0.4 is 0 Å². The van der Waals surface area contributed by atoms with Crippen molar-refractivity contribution in [3.8, 4) is 11.4 Å². The number of benzene rings is 1. The first kappa shape index (κ1) is 9.72. The fourth-order valence-corrected chi connectivity index (χ4v) is 1.66. The van der Waals surface area contributed by atoms with Crippen molar-refractivity contribution in [2.24, 2.45) is 0 Å². The minimum atomic E-state index is 0.650. The molecule has 2 aromatic heterocycles. The van der Waals surface area contributed by atoms with Crippen LogP contribution in [0.1, 0.15) is 10.4 Å². The van der Waals surface area contributed by atoms with Gasteiger partial charge in [0.05, 0.1) is 0 Å². The Morgan fingerprint density at radius 1 is 1.06 bits per heavy atom. The van der Waals surface area contributed by atoms with Gasteiger partial charge in [0.1, 0.15) is 6.29 Å². The van der Waals surface area contributed by atoms with Crippen LogP contribution in [0.4, 0.5) is 0 Å². The number of pyridine rings is 1. The number of hydrogen-bond acceptors (Lipinski definition) is 3. The highest BCUT2D eigenvalue weighted by Gasteiger charge is 2.05. The maximum atomic E-state index is 10.6. The molecule has 0 spiro atoms. The predicted molar refractivity (Wildman–Crippen MR) is 63.8 cm³/mol. The van der Waals surface area contributed by atoms with Gasteiger partial charge in [0.15, 0.2) is 11.5 Å². The van der Waals surface area contributed by atoms with E-state index in [9.17, 15) is 4.79 Å². The van der Waals surface area contributed by atoms with Gasteiger partial charge in [-0.3, -0.25) is 4.79 Å². The molecule has 0 aliphatic carbocycles. The third-order valence-electron chi connectivity index (χ3n) is 2.55. The molecule has 4 heteroatoms. The first-order valence-corrected chi connectivity index (χ1v) is 5.24. The summed E-state index contributed by atoms with van der Waals surface area (Å²) in [5, 5.41) is 4.36. The molecule has 2 heterocycles. The van der Waals surface area contributed by atoms with E-state index in [1.54, 1.807) is 16.6 Å². The van der Waals surface area contributed by atoms with Crippen LogP contribution in [0, 0.1) is 0 Å². The van der Waals surface area contributed by atoms with E-state index in [2.05, 4.69) is 10.1 Å². The van der Waals surface area contributed by atoms with Crippen LogP contribution in [0.15, 0.2) is 48.7 Å². The summed E-state index contributed by atoms with van der Waals surface area (Å²) < 4.78 is 1.73. The highest BCUT2D eigenvalue weighted by atomic mass is 16.1. The third-order valence-corrected chi connectivity index (χ3v) is 2.55. The van der Waals surface area contributed by atoms with Gasteiger partial charge in [-0.05, 0) is 12.1 Å². The predicted octanol–water partition coefficient (Wildman–Crippen LogP) is 2.21. The zero-order valence-electron chi connectivity index (χ0n) is 8.95. The highest BCUT2D eigenvalue weighted by Crippen LogP contribution is 2.16. The van der Waals surface area contributed by atoms with Crippen LogP contribution in [0.25, 0.3) is 17.0 Å². The molecule has 82 valence electrons. The zero-order valence-corrected chi connectivity index (χ0v) is 8.95. The standard InChI is InChI=1S/C13H9N3O/c17-9-10-4-6-11(7-5-10)13-14-12-3-1-2-8-16(12)15-13/h1-9H. The van der Waals surface area contributed by atoms with Gasteiger partial charge in [0.25, 0.3) is 0 Å². The Hall–Kier alpha value is -2.49. The molecule has 0 radical (unpaired) electrons. The summed E-state index contributed by atoms with van der Waals surface area (Å²) in [4.78, 5) is 15.0. The van der Waals surface area contributed by atoms with Crippen molar-refractivity contribution in [3.05, 3.63) is 54.2 Å². The van der Waals surface area contributed by atoms with Gasteiger partial charge in [-0.25, -0.2) is 9.50 Å². The Kier molecular flexibility index (Phi) is 2.19. The number of carbonyl (C=O) groups excluding carboxylic acids is 1. The summed E-state index contributed by atoms with van der Waals surface area (Å²) >= 11 is 0. The fourth-order valence-electron chi connectivity index (χ4n) is 1.66. The second kappa shape index (κ2) is 3.83. The summed E-state index contributed by atoms with van der Waals surface area (Å²) in [6.45, 7) is 0. The minimum absolute atomic E-state index is 0.650. The second-order valence-corrected chi connectivity index (χ2v) is 3.68. The van der Waals surface area contributed by atoms with Crippen molar-refractivity contribution < 1.29 is 4.79 Å². The number of aromatic nitrogens is 3. The smallest absolute Gasteiger partial charge is 0.182 e. The quantitative estimate of drug-likeness (QED) is 0.626. The van der Waals surface area contributed by atoms with Crippen molar-refractivity contribution in [1.82, 2.24) is 14.6 Å². The molecule has 1 aromatic carbocycles. The Labute approximate surface area is 97.5 Å². The first-order chi connectivity index (χ1) is 8.36. The highest BCUT2D eigenvalue weighted by molar-refractivity contribution is 5.76. The van der Waals surface area contributed by atoms with Crippen molar-refractivity contribution in [2.75, 3.05) is 0 Å². The largest absolute Gasteiger partial charge is 0.298 e. The lowest BCUT2D eigenvalue weighted by Crippen LogP contribution is -1.85. The van der Waals surface area contributed by atoms with E-state index in [4.69, 9.17) is 0 Å². The van der Waals surface area contributed by atoms with Gasteiger partial charge in [-0.15, -0.1) is 5.10 Å². The molecule has 0 amide bonds. The molecule has 0 saturated heterocycles. The fraction of sp³-hybridized carbons (Fsp3) is 0. The van der Waals surface area contributed by atoms with Gasteiger partial charge in [-0.2, -0.15) is 0 Å². The van der Waals surface area contributed by atoms with Crippen molar-refractivity contribution in [3.63, 3.8) is 0 Å². The Morgan fingerprint density at radius 3 is 2.59 bits per heavy atom. The SMILES string of the molecule is O=Cc1ccc(-c2nc3ccccn3n2)cc1. The molecule has 0 bridgehead atoms. The lowest BCUT2D eigenvalue weighted by molar-refractivity contribution is 0.112. The van der Waals surface area contributed by atoms with Crippen LogP contribution in [0.5, 0.6) is 0 Å². The van der Waals surface area contributed by atoms with Crippen molar-refractivity contribution >= 4 is 11.9 Å². The summed E-state index contributed by atoms with van der Waals surface area (Å²) in [7, 11) is 0. The van der Waals surface area contributed by atoms with E-state index in [1.807, 2.05) is 36.5 Å². The van der Waals surface area contributed by atoms with E-state index >= 15 is 0 Å². The van der Waals surface area contributed by atoms with E-state index < -0.39 is 0 Å². The van der Waals surface area contributed by atoms with Gasteiger partial charge in [-0.1, -0.05) is 30.3 Å². The Morgan fingerprint density at radius 2 is 1.88 bits per heavy atom. The van der Waals surface area contributed by atoms with E-state index in [1.165, 1.54) is 0 Å². The zero-order chi connectivity index (χ0) is 11.7. The number of nitrogens with zero attached hydrogens (tertiary/aromatic N) is 3. The molecule has 0 N–H and O–H groups in total. The Balaban J connectivity index is 2.10. The number of hydrogen-bond donors (Lipinski definition) is 0. The van der Waals surface area contributed by atoms with Crippen molar-refractivity contribution in [1.29, 1.82) is 0 Å². The number of aldehydes is 1. The average molecular weight is 223 g/mol. The summed E-state index contributed by atoms with van der Waals surface area (Å²) in [5.74, 6) is 0.661. The molecular weight excluding hydrogens is 214 g/mol. The van der Waals surface area contributed by atoms with E-state index in [0.29, 0.717) is 11.4 Å². The molecule has 17 heavy (non-hydrogen) atoms. The first-order valence-electron chi connectivity index (χ1n) is 5.24. The lowest BCUT2D eigenvalue weighted by atomic mass is 10.1. The monoisotopic (exact) mass is 223 g/mol. The van der Waals surface area contributed by atoms with Crippen molar-refractivity contribution in [2.45, 2.75) is 0 Å². The topological polar surface area (TPSA) is 47.3 Å². The van der Waals surface area contributed by atoms with Crippen LogP contribution >= 0.6 is 0 Å². The molecule has 4 nitrogen and oxygen atoms in total. The summed E-state index contributed by atoms with van der Waals surface area (Å²) in [5.41, 5.74) is 2.36. The number of carbonyl (C=O) groups is 1. The van der Waals surface area contributed by atoms with Gasteiger partial charge >= 0.3 is 0 Å². The molecule has 0 atom stereocenters. The summed E-state index contributed by atoms with van der Waals surface area (Å²) in [6.07, 6.45) is 2.67. The third kappa shape index (κ3) is 1.69. The van der Waals surface area contributed by atoms with Crippen LogP contribution in [-0.4, -0.2) is 20.9 Å². The van der Waals surface area contributed by atoms with Gasteiger partial charge in [0, 0.05) is 17.3 Å². The molecule has 0 aliphatic rings. The lowest BCUT2D eigenvalue weighted by Gasteiger charge is -1.94. The molecule has 3 aromatic rings. The summed E-state index contributed by atoms with van der Waals surface area (Å²) in [6, 6.07) is 12.9. The minimum Gasteiger partial charge on any atom is -0.298 e. The van der Waals surface area contributed by atoms with Gasteiger partial charge in [0.2, 0.25) is 0 Å². The molecule has 0 aliphatic heterocycles. The van der Waals surface area contributed by atoms with E-state index in [0.717, 1.165) is 17.5 Å².